The van der Waals surface area contributed by atoms with Crippen LogP contribution in [0, 0.1) is 5.92 Å². The van der Waals surface area contributed by atoms with E-state index in [-0.39, 0.29) is 17.1 Å². The average Bonchev–Trinajstić information content (AvgIpc) is 2.35. The minimum Gasteiger partial charge on any atom is -0.494 e. The molecule has 1 unspecified atom stereocenters. The summed E-state index contributed by atoms with van der Waals surface area (Å²) < 4.78 is 27.6. The molecule has 5 heteroatoms. The lowest BCUT2D eigenvalue weighted by atomic mass is 9.87. The van der Waals surface area contributed by atoms with Crippen LogP contribution in [0.2, 0.25) is 0 Å². The van der Waals surface area contributed by atoms with E-state index in [9.17, 15) is 8.42 Å². The molecule has 0 saturated carbocycles. The second-order valence-electron chi connectivity index (χ2n) is 6.68. The Morgan fingerprint density at radius 1 is 1.24 bits per heavy atom. The lowest BCUT2D eigenvalue weighted by molar-refractivity contribution is 0.281. The second-order valence-corrected chi connectivity index (χ2v) is 8.41. The predicted octanol–water partition coefficient (Wildman–Crippen LogP) is 3.07. The Morgan fingerprint density at radius 3 is 2.48 bits per heavy atom. The van der Waals surface area contributed by atoms with E-state index in [0.29, 0.717) is 13.0 Å². The van der Waals surface area contributed by atoms with Crippen LogP contribution in [-0.2, 0) is 15.4 Å². The molecule has 0 bridgehead atoms. The van der Waals surface area contributed by atoms with Gasteiger partial charge in [-0.2, -0.15) is 0 Å². The largest absolute Gasteiger partial charge is 0.494 e. The van der Waals surface area contributed by atoms with E-state index in [1.807, 2.05) is 19.1 Å². The molecule has 0 aromatic heterocycles. The van der Waals surface area contributed by atoms with Gasteiger partial charge in [-0.05, 0) is 41.9 Å². The summed E-state index contributed by atoms with van der Waals surface area (Å²) in [5, 5.41) is 5.00. The lowest BCUT2D eigenvalue weighted by Gasteiger charge is -2.20. The molecule has 0 radical (unpaired) electrons. The van der Waals surface area contributed by atoms with Crippen molar-refractivity contribution in [1.82, 2.24) is 0 Å². The summed E-state index contributed by atoms with van der Waals surface area (Å²) in [7, 11) is -3.36. The number of benzene rings is 1. The van der Waals surface area contributed by atoms with Gasteiger partial charge in [-0.25, -0.2) is 13.6 Å². The summed E-state index contributed by atoms with van der Waals surface area (Å²) in [5.74, 6) is 1.17. The highest BCUT2D eigenvalue weighted by Gasteiger charge is 2.14. The zero-order chi connectivity index (χ0) is 16.1. The van der Waals surface area contributed by atoms with E-state index >= 15 is 0 Å². The molecule has 1 aromatic rings. The fourth-order valence-corrected chi connectivity index (χ4v) is 2.67. The van der Waals surface area contributed by atoms with Crippen molar-refractivity contribution in [3.8, 4) is 5.75 Å². The van der Waals surface area contributed by atoms with Gasteiger partial charge in [0.1, 0.15) is 5.75 Å². The van der Waals surface area contributed by atoms with Crippen LogP contribution >= 0.6 is 0 Å². The molecule has 0 aliphatic carbocycles. The van der Waals surface area contributed by atoms with Gasteiger partial charge in [0.25, 0.3) is 0 Å². The first-order valence-electron chi connectivity index (χ1n) is 7.32. The molecular formula is C16H27NO3S. The van der Waals surface area contributed by atoms with Crippen molar-refractivity contribution in [2.75, 3.05) is 12.4 Å². The maximum absolute atomic E-state index is 10.9. The van der Waals surface area contributed by atoms with E-state index in [0.717, 1.165) is 12.2 Å². The van der Waals surface area contributed by atoms with Gasteiger partial charge >= 0.3 is 0 Å². The van der Waals surface area contributed by atoms with Crippen molar-refractivity contribution in [2.45, 2.75) is 46.0 Å². The maximum atomic E-state index is 10.9. The quantitative estimate of drug-likeness (QED) is 0.841. The molecule has 21 heavy (non-hydrogen) atoms. The Kier molecular flexibility index (Phi) is 6.23. The zero-order valence-corrected chi connectivity index (χ0v) is 14.2. The summed E-state index contributed by atoms with van der Waals surface area (Å²) in [6.45, 7) is 9.10. The van der Waals surface area contributed by atoms with Gasteiger partial charge < -0.3 is 4.74 Å². The van der Waals surface area contributed by atoms with E-state index < -0.39 is 10.0 Å². The second kappa shape index (κ2) is 7.27. The van der Waals surface area contributed by atoms with Crippen LogP contribution in [0.15, 0.2) is 24.3 Å². The van der Waals surface area contributed by atoms with Crippen molar-refractivity contribution >= 4 is 10.0 Å². The number of hydrogen-bond donors (Lipinski definition) is 1. The molecule has 120 valence electrons. The molecule has 0 heterocycles. The molecule has 0 spiro atoms. The van der Waals surface area contributed by atoms with Crippen molar-refractivity contribution < 1.29 is 13.2 Å². The first-order chi connectivity index (χ1) is 9.58. The van der Waals surface area contributed by atoms with Crippen LogP contribution in [0.5, 0.6) is 5.75 Å². The van der Waals surface area contributed by atoms with Crippen LogP contribution in [0.3, 0.4) is 0 Å². The highest BCUT2D eigenvalue weighted by Crippen LogP contribution is 2.25. The summed E-state index contributed by atoms with van der Waals surface area (Å²) in [6, 6.07) is 8.11. The van der Waals surface area contributed by atoms with Gasteiger partial charge in [-0.1, -0.05) is 39.8 Å². The first-order valence-corrected chi connectivity index (χ1v) is 9.03. The molecule has 1 atom stereocenters. The fraction of sp³-hybridized carbons (Fsp3) is 0.625. The van der Waals surface area contributed by atoms with Crippen LogP contribution in [0.1, 0.15) is 46.1 Å². The molecule has 1 aromatic carbocycles. The van der Waals surface area contributed by atoms with E-state index in [1.165, 1.54) is 5.56 Å². The monoisotopic (exact) mass is 313 g/mol. The molecule has 2 N–H and O–H groups in total. The third-order valence-electron chi connectivity index (χ3n) is 3.47. The summed E-state index contributed by atoms with van der Waals surface area (Å²) in [5.41, 5.74) is 1.34. The Hall–Kier alpha value is -1.07. The topological polar surface area (TPSA) is 69.4 Å². The Bertz CT molecular complexity index is 547. The molecule has 0 fully saturated rings. The van der Waals surface area contributed by atoms with E-state index in [2.05, 4.69) is 32.9 Å². The molecule has 0 aliphatic rings. The third-order valence-corrected chi connectivity index (χ3v) is 4.28. The van der Waals surface area contributed by atoms with Crippen molar-refractivity contribution in [3.05, 3.63) is 29.8 Å². The van der Waals surface area contributed by atoms with Gasteiger partial charge in [-0.3, -0.25) is 0 Å². The van der Waals surface area contributed by atoms with Crippen molar-refractivity contribution in [3.63, 3.8) is 0 Å². The standard InChI is InChI=1S/C16H27NO3S/c1-13(9-11-21(17,18)19)8-10-20-15-7-5-6-14(12-15)16(2,3)4/h5-7,12-13H,8-11H2,1-4H3,(H2,17,18,19). The highest BCUT2D eigenvalue weighted by atomic mass is 32.2. The highest BCUT2D eigenvalue weighted by molar-refractivity contribution is 7.89. The molecule has 0 saturated heterocycles. The smallest absolute Gasteiger partial charge is 0.209 e. The number of nitrogens with two attached hydrogens (primary N) is 1. The van der Waals surface area contributed by atoms with Gasteiger partial charge in [0.05, 0.1) is 12.4 Å². The minimum absolute atomic E-state index is 0.0354. The minimum atomic E-state index is -3.36. The van der Waals surface area contributed by atoms with Crippen LogP contribution in [0.4, 0.5) is 0 Å². The third kappa shape index (κ3) is 7.48. The first kappa shape index (κ1) is 18.0. The van der Waals surface area contributed by atoms with Gasteiger partial charge in [0, 0.05) is 0 Å². The lowest BCUT2D eigenvalue weighted by Crippen LogP contribution is -2.18. The molecule has 0 aliphatic heterocycles. The number of primary sulfonamides is 1. The SMILES string of the molecule is CC(CCOc1cccc(C(C)(C)C)c1)CCS(N)(=O)=O. The summed E-state index contributed by atoms with van der Waals surface area (Å²) in [4.78, 5) is 0. The number of sulfonamides is 1. The van der Waals surface area contributed by atoms with Crippen LogP contribution < -0.4 is 9.88 Å². The molecule has 0 amide bonds. The Labute approximate surface area is 128 Å². The maximum Gasteiger partial charge on any atom is 0.209 e. The van der Waals surface area contributed by atoms with Crippen LogP contribution in [-0.4, -0.2) is 20.8 Å². The van der Waals surface area contributed by atoms with Gasteiger partial charge in [-0.15, -0.1) is 0 Å². The molecule has 4 nitrogen and oxygen atoms in total. The van der Waals surface area contributed by atoms with Crippen molar-refractivity contribution in [2.24, 2.45) is 11.1 Å². The van der Waals surface area contributed by atoms with Gasteiger partial charge in [0.15, 0.2) is 0 Å². The number of hydrogen-bond acceptors (Lipinski definition) is 3. The number of rotatable bonds is 7. The number of ether oxygens (including phenoxy) is 1. The normalized spacial score (nSPS) is 14.0. The molecule has 1 rings (SSSR count). The Morgan fingerprint density at radius 2 is 1.90 bits per heavy atom. The molecular weight excluding hydrogens is 286 g/mol. The Balaban J connectivity index is 2.42. The summed E-state index contributed by atoms with van der Waals surface area (Å²) >= 11 is 0. The fourth-order valence-electron chi connectivity index (χ4n) is 1.94. The van der Waals surface area contributed by atoms with E-state index in [4.69, 9.17) is 9.88 Å². The van der Waals surface area contributed by atoms with E-state index in [1.54, 1.807) is 0 Å². The van der Waals surface area contributed by atoms with Gasteiger partial charge in [0.2, 0.25) is 10.0 Å². The van der Waals surface area contributed by atoms with Crippen molar-refractivity contribution in [1.29, 1.82) is 0 Å². The average molecular weight is 313 g/mol. The zero-order valence-electron chi connectivity index (χ0n) is 13.4. The summed E-state index contributed by atoms with van der Waals surface area (Å²) in [6.07, 6.45) is 1.39. The predicted molar refractivity (Wildman–Crippen MR) is 87.0 cm³/mol. The van der Waals surface area contributed by atoms with Crippen LogP contribution in [0.25, 0.3) is 0 Å².